The van der Waals surface area contributed by atoms with Crippen LogP contribution in [0, 0.1) is 5.82 Å². The van der Waals surface area contributed by atoms with Crippen molar-refractivity contribution in [2.24, 2.45) is 5.73 Å². The number of halogens is 1. The normalized spacial score (nSPS) is 10.6. The molecule has 0 fully saturated rings. The van der Waals surface area contributed by atoms with Crippen molar-refractivity contribution in [2.45, 2.75) is 32.9 Å². The number of hydrogen-bond acceptors (Lipinski definition) is 2. The van der Waals surface area contributed by atoms with E-state index in [4.69, 9.17) is 10.5 Å². The third-order valence-corrected chi connectivity index (χ3v) is 3.20. The van der Waals surface area contributed by atoms with Crippen molar-refractivity contribution in [1.82, 2.24) is 0 Å². The quantitative estimate of drug-likeness (QED) is 0.868. The van der Waals surface area contributed by atoms with E-state index in [2.05, 4.69) is 6.92 Å². The van der Waals surface area contributed by atoms with Gasteiger partial charge in [-0.25, -0.2) is 4.39 Å². The second kappa shape index (κ2) is 7.06. The summed E-state index contributed by atoms with van der Waals surface area (Å²) in [6.45, 7) is 2.77. The fraction of sp³-hybridized carbons (Fsp3) is 0.294. The van der Waals surface area contributed by atoms with Crippen LogP contribution in [0.4, 0.5) is 4.39 Å². The predicted molar refractivity (Wildman–Crippen MR) is 79.1 cm³/mol. The monoisotopic (exact) mass is 273 g/mol. The van der Waals surface area contributed by atoms with E-state index in [0.29, 0.717) is 12.1 Å². The van der Waals surface area contributed by atoms with Gasteiger partial charge in [0.15, 0.2) is 0 Å². The van der Waals surface area contributed by atoms with Crippen molar-refractivity contribution in [3.63, 3.8) is 0 Å². The lowest BCUT2D eigenvalue weighted by Crippen LogP contribution is -2.02. The molecule has 0 spiro atoms. The SMILES string of the molecule is CCCc1ccc(OCc2cc(CN)ccc2F)cc1. The summed E-state index contributed by atoms with van der Waals surface area (Å²) in [5, 5.41) is 0. The average Bonchev–Trinajstić information content (AvgIpc) is 2.48. The minimum atomic E-state index is -0.259. The molecule has 0 aliphatic carbocycles. The summed E-state index contributed by atoms with van der Waals surface area (Å²) in [4.78, 5) is 0. The van der Waals surface area contributed by atoms with E-state index in [1.54, 1.807) is 12.1 Å². The Morgan fingerprint density at radius 2 is 1.75 bits per heavy atom. The van der Waals surface area contributed by atoms with Gasteiger partial charge in [-0.3, -0.25) is 0 Å². The van der Waals surface area contributed by atoms with Crippen molar-refractivity contribution >= 4 is 0 Å². The maximum Gasteiger partial charge on any atom is 0.129 e. The third-order valence-electron chi connectivity index (χ3n) is 3.20. The average molecular weight is 273 g/mol. The second-order valence-electron chi connectivity index (χ2n) is 4.81. The van der Waals surface area contributed by atoms with Crippen LogP contribution in [-0.4, -0.2) is 0 Å². The van der Waals surface area contributed by atoms with E-state index in [1.165, 1.54) is 11.6 Å². The van der Waals surface area contributed by atoms with Gasteiger partial charge in [0.25, 0.3) is 0 Å². The molecule has 0 aliphatic heterocycles. The summed E-state index contributed by atoms with van der Waals surface area (Å²) in [5.41, 5.74) is 8.28. The lowest BCUT2D eigenvalue weighted by atomic mass is 10.1. The molecular weight excluding hydrogens is 253 g/mol. The molecule has 3 heteroatoms. The second-order valence-corrected chi connectivity index (χ2v) is 4.81. The molecule has 2 rings (SSSR count). The highest BCUT2D eigenvalue weighted by atomic mass is 19.1. The zero-order valence-electron chi connectivity index (χ0n) is 11.7. The maximum atomic E-state index is 13.7. The van der Waals surface area contributed by atoms with Gasteiger partial charge < -0.3 is 10.5 Å². The number of ether oxygens (including phenoxy) is 1. The third kappa shape index (κ3) is 3.81. The number of benzene rings is 2. The molecule has 2 N–H and O–H groups in total. The van der Waals surface area contributed by atoms with Crippen LogP contribution >= 0.6 is 0 Å². The molecule has 0 atom stereocenters. The summed E-state index contributed by atoms with van der Waals surface area (Å²) in [7, 11) is 0. The van der Waals surface area contributed by atoms with Gasteiger partial charge in [0, 0.05) is 12.1 Å². The van der Waals surface area contributed by atoms with E-state index in [0.717, 1.165) is 24.2 Å². The summed E-state index contributed by atoms with van der Waals surface area (Å²) in [6, 6.07) is 12.8. The number of rotatable bonds is 6. The van der Waals surface area contributed by atoms with E-state index < -0.39 is 0 Å². The van der Waals surface area contributed by atoms with Gasteiger partial charge in [-0.05, 0) is 41.8 Å². The minimum Gasteiger partial charge on any atom is -0.489 e. The van der Waals surface area contributed by atoms with E-state index in [-0.39, 0.29) is 12.4 Å². The van der Waals surface area contributed by atoms with E-state index in [1.807, 2.05) is 24.3 Å². The summed E-state index contributed by atoms with van der Waals surface area (Å²) < 4.78 is 19.3. The maximum absolute atomic E-state index is 13.7. The summed E-state index contributed by atoms with van der Waals surface area (Å²) in [5.74, 6) is 0.493. The Bertz CT molecular complexity index is 551. The lowest BCUT2D eigenvalue weighted by Gasteiger charge is -2.09. The van der Waals surface area contributed by atoms with E-state index in [9.17, 15) is 4.39 Å². The number of aryl methyl sites for hydroxylation is 1. The molecule has 2 aromatic rings. The molecule has 0 saturated heterocycles. The largest absolute Gasteiger partial charge is 0.489 e. The Balaban J connectivity index is 2.01. The molecule has 2 aromatic carbocycles. The van der Waals surface area contributed by atoms with Crippen molar-refractivity contribution in [1.29, 1.82) is 0 Å². The van der Waals surface area contributed by atoms with Gasteiger partial charge >= 0.3 is 0 Å². The first-order valence-corrected chi connectivity index (χ1v) is 6.92. The van der Waals surface area contributed by atoms with Crippen LogP contribution in [0.3, 0.4) is 0 Å². The van der Waals surface area contributed by atoms with Crippen molar-refractivity contribution in [2.75, 3.05) is 0 Å². The number of hydrogen-bond donors (Lipinski definition) is 1. The van der Waals surface area contributed by atoms with Gasteiger partial charge in [0.2, 0.25) is 0 Å². The molecule has 0 aliphatic rings. The van der Waals surface area contributed by atoms with Crippen LogP contribution in [-0.2, 0) is 19.6 Å². The van der Waals surface area contributed by atoms with Gasteiger partial charge in [0.1, 0.15) is 18.2 Å². The molecule has 0 amide bonds. The molecule has 0 radical (unpaired) electrons. The van der Waals surface area contributed by atoms with Crippen molar-refractivity contribution < 1.29 is 9.13 Å². The Hall–Kier alpha value is -1.87. The molecule has 0 unspecified atom stereocenters. The van der Waals surface area contributed by atoms with Gasteiger partial charge in [-0.1, -0.05) is 31.5 Å². The number of nitrogens with two attached hydrogens (primary N) is 1. The first-order chi connectivity index (χ1) is 9.72. The fourth-order valence-electron chi connectivity index (χ4n) is 2.07. The van der Waals surface area contributed by atoms with Gasteiger partial charge in [-0.2, -0.15) is 0 Å². The highest BCUT2D eigenvalue weighted by molar-refractivity contribution is 5.29. The van der Waals surface area contributed by atoms with Gasteiger partial charge in [0.05, 0.1) is 0 Å². The topological polar surface area (TPSA) is 35.2 Å². The van der Waals surface area contributed by atoms with Crippen molar-refractivity contribution in [3.05, 3.63) is 65.0 Å². The molecule has 0 saturated carbocycles. The Morgan fingerprint density at radius 1 is 1.05 bits per heavy atom. The van der Waals surface area contributed by atoms with Crippen LogP contribution in [0.1, 0.15) is 30.0 Å². The van der Waals surface area contributed by atoms with Crippen LogP contribution in [0.15, 0.2) is 42.5 Å². The molecule has 20 heavy (non-hydrogen) atoms. The van der Waals surface area contributed by atoms with Crippen molar-refractivity contribution in [3.8, 4) is 5.75 Å². The molecule has 0 heterocycles. The standard InChI is InChI=1S/C17H20FNO/c1-2-3-13-4-7-16(8-5-13)20-12-15-10-14(11-19)6-9-17(15)18/h4-10H,2-3,11-12,19H2,1H3. The Morgan fingerprint density at radius 3 is 2.40 bits per heavy atom. The van der Waals surface area contributed by atoms with Crippen LogP contribution in [0.25, 0.3) is 0 Å². The molecular formula is C17H20FNO. The lowest BCUT2D eigenvalue weighted by molar-refractivity contribution is 0.299. The van der Waals surface area contributed by atoms with Gasteiger partial charge in [-0.15, -0.1) is 0 Å². The first kappa shape index (κ1) is 14.5. The van der Waals surface area contributed by atoms with E-state index >= 15 is 0 Å². The van der Waals surface area contributed by atoms with Crippen LogP contribution < -0.4 is 10.5 Å². The zero-order valence-corrected chi connectivity index (χ0v) is 11.7. The highest BCUT2D eigenvalue weighted by Crippen LogP contribution is 2.17. The summed E-state index contributed by atoms with van der Waals surface area (Å²) >= 11 is 0. The Labute approximate surface area is 119 Å². The highest BCUT2D eigenvalue weighted by Gasteiger charge is 2.04. The molecule has 0 aromatic heterocycles. The minimum absolute atomic E-state index is 0.215. The zero-order chi connectivity index (χ0) is 14.4. The molecule has 2 nitrogen and oxygen atoms in total. The predicted octanol–water partition coefficient (Wildman–Crippen LogP) is 3.82. The first-order valence-electron chi connectivity index (χ1n) is 6.92. The molecule has 106 valence electrons. The van der Waals surface area contributed by atoms with Crippen LogP contribution in [0.5, 0.6) is 5.75 Å². The Kier molecular flexibility index (Phi) is 5.13. The fourth-order valence-corrected chi connectivity index (χ4v) is 2.07. The summed E-state index contributed by atoms with van der Waals surface area (Å²) in [6.07, 6.45) is 2.19. The van der Waals surface area contributed by atoms with Crippen LogP contribution in [0.2, 0.25) is 0 Å². The smallest absolute Gasteiger partial charge is 0.129 e. The molecule has 0 bridgehead atoms.